The summed E-state index contributed by atoms with van der Waals surface area (Å²) in [5.74, 6) is -0.495. The minimum Gasteiger partial charge on any atom is -0.332 e. The molecule has 2 aromatic rings. The van der Waals surface area contributed by atoms with Crippen LogP contribution in [-0.2, 0) is 21.4 Å². The molecule has 0 spiro atoms. The van der Waals surface area contributed by atoms with Crippen LogP contribution in [0.3, 0.4) is 0 Å². The van der Waals surface area contributed by atoms with E-state index in [0.717, 1.165) is 18.4 Å². The van der Waals surface area contributed by atoms with Crippen molar-refractivity contribution in [1.82, 2.24) is 9.21 Å². The van der Waals surface area contributed by atoms with E-state index in [2.05, 4.69) is 0 Å². The Morgan fingerprint density at radius 2 is 1.70 bits per heavy atom. The fraction of sp³-hybridized carbons (Fsp3) is 0.348. The van der Waals surface area contributed by atoms with Crippen LogP contribution in [0, 0.1) is 5.82 Å². The number of sulfonamides is 1. The van der Waals surface area contributed by atoms with E-state index < -0.39 is 10.0 Å². The Hall–Kier alpha value is -2.51. The molecule has 7 heteroatoms. The maximum absolute atomic E-state index is 14.0. The van der Waals surface area contributed by atoms with Crippen LogP contribution in [0.25, 0.3) is 6.08 Å². The summed E-state index contributed by atoms with van der Waals surface area (Å²) < 4.78 is 40.5. The number of nitrogens with zero attached hydrogens (tertiary/aromatic N) is 2. The molecule has 0 atom stereocenters. The largest absolute Gasteiger partial charge is 0.332 e. The van der Waals surface area contributed by atoms with E-state index in [-0.39, 0.29) is 29.2 Å². The van der Waals surface area contributed by atoms with Crippen LogP contribution < -0.4 is 0 Å². The Labute approximate surface area is 177 Å². The van der Waals surface area contributed by atoms with Crippen molar-refractivity contribution in [3.05, 3.63) is 71.6 Å². The van der Waals surface area contributed by atoms with Crippen LogP contribution in [0.15, 0.2) is 59.5 Å². The summed E-state index contributed by atoms with van der Waals surface area (Å²) in [7, 11) is -3.51. The number of halogens is 1. The minimum absolute atomic E-state index is 0.142. The van der Waals surface area contributed by atoms with Crippen LogP contribution in [0.4, 0.5) is 4.39 Å². The van der Waals surface area contributed by atoms with Crippen molar-refractivity contribution in [2.24, 2.45) is 0 Å². The lowest BCUT2D eigenvalue weighted by Gasteiger charge is -2.21. The second-order valence-electron chi connectivity index (χ2n) is 7.28. The van der Waals surface area contributed by atoms with Gasteiger partial charge in [-0.15, -0.1) is 0 Å². The molecule has 0 bridgehead atoms. The van der Waals surface area contributed by atoms with Gasteiger partial charge in [0, 0.05) is 37.3 Å². The van der Waals surface area contributed by atoms with Gasteiger partial charge in [0.25, 0.3) is 0 Å². The molecule has 0 N–H and O–H groups in total. The highest BCUT2D eigenvalue weighted by Gasteiger charge is 2.32. The maximum Gasteiger partial charge on any atom is 0.247 e. The summed E-state index contributed by atoms with van der Waals surface area (Å²) in [4.78, 5) is 14.6. The van der Waals surface area contributed by atoms with Gasteiger partial charge in [-0.05, 0) is 42.7 Å². The Morgan fingerprint density at radius 3 is 2.27 bits per heavy atom. The third-order valence-electron chi connectivity index (χ3n) is 5.21. The first-order valence-electron chi connectivity index (χ1n) is 10.2. The molecule has 0 aliphatic heterocycles. The van der Waals surface area contributed by atoms with E-state index in [1.54, 1.807) is 67.3 Å². The van der Waals surface area contributed by atoms with Crippen LogP contribution in [0.2, 0.25) is 0 Å². The predicted octanol–water partition coefficient (Wildman–Crippen LogP) is 4.06. The monoisotopic (exact) mass is 430 g/mol. The highest BCUT2D eigenvalue weighted by atomic mass is 32.2. The van der Waals surface area contributed by atoms with E-state index in [1.165, 1.54) is 16.4 Å². The quantitative estimate of drug-likeness (QED) is 0.564. The number of amides is 1. The third-order valence-corrected chi connectivity index (χ3v) is 7.28. The highest BCUT2D eigenvalue weighted by Crippen LogP contribution is 2.29. The van der Waals surface area contributed by atoms with Gasteiger partial charge < -0.3 is 4.90 Å². The second-order valence-corrected chi connectivity index (χ2v) is 9.22. The van der Waals surface area contributed by atoms with Gasteiger partial charge in [-0.1, -0.05) is 44.2 Å². The van der Waals surface area contributed by atoms with Crippen LogP contribution in [-0.4, -0.2) is 42.7 Å². The molecular weight excluding hydrogens is 403 g/mol. The maximum atomic E-state index is 14.0. The van der Waals surface area contributed by atoms with E-state index in [9.17, 15) is 17.6 Å². The summed E-state index contributed by atoms with van der Waals surface area (Å²) in [6.45, 7) is 4.66. The summed E-state index contributed by atoms with van der Waals surface area (Å²) in [6.07, 6.45) is 4.97. The van der Waals surface area contributed by atoms with Crippen LogP contribution in [0.1, 0.15) is 37.8 Å². The van der Waals surface area contributed by atoms with Gasteiger partial charge in [-0.2, -0.15) is 4.31 Å². The van der Waals surface area contributed by atoms with Crippen molar-refractivity contribution in [1.29, 1.82) is 0 Å². The van der Waals surface area contributed by atoms with Gasteiger partial charge >= 0.3 is 0 Å². The zero-order valence-corrected chi connectivity index (χ0v) is 18.1. The average molecular weight is 431 g/mol. The molecule has 1 amide bonds. The molecule has 0 unspecified atom stereocenters. The smallest absolute Gasteiger partial charge is 0.247 e. The molecule has 1 aliphatic carbocycles. The van der Waals surface area contributed by atoms with E-state index in [1.807, 2.05) is 0 Å². The minimum atomic E-state index is -3.51. The first kappa shape index (κ1) is 22.2. The molecule has 160 valence electrons. The number of rotatable bonds is 9. The fourth-order valence-electron chi connectivity index (χ4n) is 3.31. The van der Waals surface area contributed by atoms with Crippen molar-refractivity contribution < 1.29 is 17.6 Å². The highest BCUT2D eigenvalue weighted by molar-refractivity contribution is 7.89. The van der Waals surface area contributed by atoms with Crippen molar-refractivity contribution in [2.45, 2.75) is 44.2 Å². The molecule has 1 fully saturated rings. The van der Waals surface area contributed by atoms with E-state index in [4.69, 9.17) is 0 Å². The zero-order chi connectivity index (χ0) is 21.7. The zero-order valence-electron chi connectivity index (χ0n) is 17.3. The molecule has 3 rings (SSSR count). The van der Waals surface area contributed by atoms with Gasteiger partial charge in [0.1, 0.15) is 5.82 Å². The van der Waals surface area contributed by atoms with E-state index in [0.29, 0.717) is 18.7 Å². The summed E-state index contributed by atoms with van der Waals surface area (Å²) in [5.41, 5.74) is 1.22. The van der Waals surface area contributed by atoms with Crippen molar-refractivity contribution in [2.75, 3.05) is 13.1 Å². The summed E-state index contributed by atoms with van der Waals surface area (Å²) in [5, 5.41) is 0. The van der Waals surface area contributed by atoms with Crippen molar-refractivity contribution in [3.8, 4) is 0 Å². The lowest BCUT2D eigenvalue weighted by molar-refractivity contribution is -0.127. The third kappa shape index (κ3) is 5.15. The molecule has 1 saturated carbocycles. The normalized spacial score (nSPS) is 14.4. The summed E-state index contributed by atoms with van der Waals surface area (Å²) in [6, 6.07) is 13.1. The number of hydrogen-bond donors (Lipinski definition) is 0. The Balaban J connectivity index is 1.71. The number of carbonyl (C=O) groups excluding carboxylic acids is 1. The first-order chi connectivity index (χ1) is 14.4. The predicted molar refractivity (Wildman–Crippen MR) is 116 cm³/mol. The second kappa shape index (κ2) is 9.53. The SMILES string of the molecule is CCN(CC)S(=O)(=O)c1ccc(/C=C/C(=O)N(Cc2ccccc2F)C2CC2)cc1. The molecule has 0 saturated heterocycles. The molecule has 0 heterocycles. The lowest BCUT2D eigenvalue weighted by atomic mass is 10.2. The molecule has 0 aromatic heterocycles. The first-order valence-corrected chi connectivity index (χ1v) is 11.6. The van der Waals surface area contributed by atoms with Gasteiger partial charge in [0.15, 0.2) is 0 Å². The Bertz CT molecular complexity index is 1010. The lowest BCUT2D eigenvalue weighted by Crippen LogP contribution is -2.31. The molecule has 2 aromatic carbocycles. The number of benzene rings is 2. The van der Waals surface area contributed by atoms with Crippen molar-refractivity contribution >= 4 is 22.0 Å². The number of carbonyl (C=O) groups is 1. The molecular formula is C23H27FN2O3S. The average Bonchev–Trinajstić information content (AvgIpc) is 3.57. The van der Waals surface area contributed by atoms with Crippen LogP contribution in [0.5, 0.6) is 0 Å². The Kier molecular flexibility index (Phi) is 7.05. The fourth-order valence-corrected chi connectivity index (χ4v) is 4.77. The van der Waals surface area contributed by atoms with Gasteiger partial charge in [-0.3, -0.25) is 4.79 Å². The topological polar surface area (TPSA) is 57.7 Å². The van der Waals surface area contributed by atoms with E-state index >= 15 is 0 Å². The molecule has 0 radical (unpaired) electrons. The Morgan fingerprint density at radius 1 is 1.07 bits per heavy atom. The van der Waals surface area contributed by atoms with Crippen LogP contribution >= 0.6 is 0 Å². The molecule has 1 aliphatic rings. The van der Waals surface area contributed by atoms with Gasteiger partial charge in [-0.25, -0.2) is 12.8 Å². The summed E-state index contributed by atoms with van der Waals surface area (Å²) >= 11 is 0. The molecule has 5 nitrogen and oxygen atoms in total. The van der Waals surface area contributed by atoms with Gasteiger partial charge in [0.05, 0.1) is 4.90 Å². The molecule has 30 heavy (non-hydrogen) atoms. The number of hydrogen-bond acceptors (Lipinski definition) is 3. The van der Waals surface area contributed by atoms with Crippen molar-refractivity contribution in [3.63, 3.8) is 0 Å². The van der Waals surface area contributed by atoms with Gasteiger partial charge in [0.2, 0.25) is 15.9 Å². The standard InChI is InChI=1S/C23H27FN2O3S/c1-3-25(4-2)30(28,29)21-14-9-18(10-15-21)11-16-23(27)26(20-12-13-20)17-19-7-5-6-8-22(19)24/h5-11,14-16,20H,3-4,12-13,17H2,1-2H3/b16-11+.